The Kier molecular flexibility index (Phi) is 5.59. The molecule has 6 nitrogen and oxygen atoms in total. The van der Waals surface area contributed by atoms with Crippen molar-refractivity contribution in [2.45, 2.75) is 26.3 Å². The summed E-state index contributed by atoms with van der Waals surface area (Å²) in [5.74, 6) is -1.79. The van der Waals surface area contributed by atoms with Crippen LogP contribution in [-0.2, 0) is 4.79 Å². The largest absolute Gasteiger partial charge is 0.480 e. The summed E-state index contributed by atoms with van der Waals surface area (Å²) >= 11 is 0. The molecule has 0 radical (unpaired) electrons. The summed E-state index contributed by atoms with van der Waals surface area (Å²) in [6.07, 6.45) is 0.620. The van der Waals surface area contributed by atoms with Gasteiger partial charge in [0.15, 0.2) is 0 Å². The molecule has 0 aliphatic carbocycles. The summed E-state index contributed by atoms with van der Waals surface area (Å²) in [5, 5.41) is 12.7. The number of carbonyl (C=O) groups is 2. The fraction of sp³-hybridized carbons (Fsp3) is 0.227. The Balaban J connectivity index is 1.94. The van der Waals surface area contributed by atoms with Gasteiger partial charge in [-0.3, -0.25) is 4.79 Å². The van der Waals surface area contributed by atoms with Gasteiger partial charge in [0, 0.05) is 10.9 Å². The van der Waals surface area contributed by atoms with Crippen LogP contribution in [0.15, 0.2) is 63.8 Å². The third-order valence-electron chi connectivity index (χ3n) is 4.84. The molecule has 0 aliphatic rings. The average molecular weight is 379 g/mol. The van der Waals surface area contributed by atoms with E-state index >= 15 is 0 Å². The van der Waals surface area contributed by atoms with Gasteiger partial charge < -0.3 is 14.8 Å². The van der Waals surface area contributed by atoms with Crippen LogP contribution in [0.2, 0.25) is 0 Å². The highest BCUT2D eigenvalue weighted by molar-refractivity contribution is 5.97. The van der Waals surface area contributed by atoms with Gasteiger partial charge in [-0.1, -0.05) is 50.6 Å². The minimum Gasteiger partial charge on any atom is -0.480 e. The van der Waals surface area contributed by atoms with E-state index in [1.165, 1.54) is 0 Å². The Morgan fingerprint density at radius 3 is 2.57 bits per heavy atom. The van der Waals surface area contributed by atoms with Crippen LogP contribution in [-0.4, -0.2) is 23.0 Å². The summed E-state index contributed by atoms with van der Waals surface area (Å²) in [5.41, 5.74) is 1.13. The molecular formula is C22H21NO5. The predicted molar refractivity (Wildman–Crippen MR) is 106 cm³/mol. The van der Waals surface area contributed by atoms with Crippen LogP contribution in [0.3, 0.4) is 0 Å². The molecule has 3 rings (SSSR count). The zero-order chi connectivity index (χ0) is 20.3. The Labute approximate surface area is 161 Å². The van der Waals surface area contributed by atoms with E-state index in [9.17, 15) is 19.5 Å². The first-order valence-electron chi connectivity index (χ1n) is 9.07. The third-order valence-corrected chi connectivity index (χ3v) is 4.84. The topological polar surface area (TPSA) is 96.6 Å². The number of aliphatic carboxylic acids is 1. The lowest BCUT2D eigenvalue weighted by atomic mass is 9.98. The van der Waals surface area contributed by atoms with Crippen LogP contribution in [0.5, 0.6) is 0 Å². The molecule has 2 N–H and O–H groups in total. The number of carboxylic acids is 1. The van der Waals surface area contributed by atoms with Gasteiger partial charge in [-0.2, -0.15) is 0 Å². The molecule has 1 amide bonds. The highest BCUT2D eigenvalue weighted by Gasteiger charge is 2.25. The SMILES string of the molecule is CC[C@@H](C)[C@H](NC(=O)c1cccc(-c2cc3ccccc3oc2=O)c1)C(=O)O. The van der Waals surface area contributed by atoms with Gasteiger partial charge in [0.1, 0.15) is 11.6 Å². The van der Waals surface area contributed by atoms with Crippen LogP contribution < -0.4 is 10.9 Å². The Morgan fingerprint density at radius 1 is 1.11 bits per heavy atom. The van der Waals surface area contributed by atoms with E-state index in [1.807, 2.05) is 19.1 Å². The fourth-order valence-corrected chi connectivity index (χ4v) is 3.00. The van der Waals surface area contributed by atoms with Crippen LogP contribution in [0.4, 0.5) is 0 Å². The van der Waals surface area contributed by atoms with Crippen molar-refractivity contribution in [3.8, 4) is 11.1 Å². The van der Waals surface area contributed by atoms with Crippen molar-refractivity contribution in [1.29, 1.82) is 0 Å². The molecule has 0 unspecified atom stereocenters. The number of carbonyl (C=O) groups excluding carboxylic acids is 1. The zero-order valence-corrected chi connectivity index (χ0v) is 15.6. The van der Waals surface area contributed by atoms with Crippen molar-refractivity contribution in [1.82, 2.24) is 5.32 Å². The number of carboxylic acid groups (broad SMARTS) is 1. The van der Waals surface area contributed by atoms with Crippen molar-refractivity contribution >= 4 is 22.8 Å². The van der Waals surface area contributed by atoms with E-state index in [1.54, 1.807) is 49.4 Å². The number of hydrogen-bond acceptors (Lipinski definition) is 4. The lowest BCUT2D eigenvalue weighted by molar-refractivity contribution is -0.140. The molecule has 1 aromatic heterocycles. The van der Waals surface area contributed by atoms with Gasteiger partial charge in [-0.05, 0) is 35.7 Å². The molecular weight excluding hydrogens is 358 g/mol. The molecule has 2 aromatic carbocycles. The number of fused-ring (bicyclic) bond motifs is 1. The molecule has 0 saturated heterocycles. The minimum absolute atomic E-state index is 0.211. The second kappa shape index (κ2) is 8.08. The Hall–Kier alpha value is -3.41. The summed E-state index contributed by atoms with van der Waals surface area (Å²) < 4.78 is 5.36. The van der Waals surface area contributed by atoms with Crippen LogP contribution in [0.1, 0.15) is 30.6 Å². The van der Waals surface area contributed by atoms with Crippen LogP contribution >= 0.6 is 0 Å². The molecule has 0 bridgehead atoms. The first-order chi connectivity index (χ1) is 13.4. The van der Waals surface area contributed by atoms with E-state index in [-0.39, 0.29) is 11.5 Å². The molecule has 0 saturated carbocycles. The van der Waals surface area contributed by atoms with E-state index < -0.39 is 23.5 Å². The van der Waals surface area contributed by atoms with E-state index in [0.717, 1.165) is 5.39 Å². The standard InChI is InChI=1S/C22H21NO5/c1-3-13(2)19(21(25)26)23-20(24)16-9-6-8-14(11-16)17-12-15-7-4-5-10-18(15)28-22(17)27/h4-13,19H,3H2,1-2H3,(H,23,24)(H,25,26)/t13-,19+/m1/s1. The summed E-state index contributed by atoms with van der Waals surface area (Å²) in [4.78, 5) is 36.4. The summed E-state index contributed by atoms with van der Waals surface area (Å²) in [7, 11) is 0. The zero-order valence-electron chi connectivity index (χ0n) is 15.6. The van der Waals surface area contributed by atoms with E-state index in [0.29, 0.717) is 23.1 Å². The first-order valence-corrected chi connectivity index (χ1v) is 9.07. The molecule has 0 spiro atoms. The van der Waals surface area contributed by atoms with Crippen molar-refractivity contribution in [2.75, 3.05) is 0 Å². The maximum atomic E-state index is 12.6. The number of hydrogen-bond donors (Lipinski definition) is 2. The summed E-state index contributed by atoms with van der Waals surface area (Å²) in [6, 6.07) is 14.4. The average Bonchev–Trinajstić information content (AvgIpc) is 2.70. The molecule has 1 heterocycles. The van der Waals surface area contributed by atoms with Crippen molar-refractivity contribution < 1.29 is 19.1 Å². The molecule has 6 heteroatoms. The monoisotopic (exact) mass is 379 g/mol. The van der Waals surface area contributed by atoms with Crippen molar-refractivity contribution in [3.63, 3.8) is 0 Å². The van der Waals surface area contributed by atoms with Crippen LogP contribution in [0, 0.1) is 5.92 Å². The maximum Gasteiger partial charge on any atom is 0.344 e. The maximum absolute atomic E-state index is 12.6. The highest BCUT2D eigenvalue weighted by atomic mass is 16.4. The lowest BCUT2D eigenvalue weighted by Crippen LogP contribution is -2.45. The highest BCUT2D eigenvalue weighted by Crippen LogP contribution is 2.22. The number of para-hydroxylation sites is 1. The second-order valence-corrected chi connectivity index (χ2v) is 6.74. The third kappa shape index (κ3) is 3.96. The van der Waals surface area contributed by atoms with Gasteiger partial charge in [0.2, 0.25) is 0 Å². The number of nitrogens with one attached hydrogen (secondary N) is 1. The predicted octanol–water partition coefficient (Wildman–Crippen LogP) is 3.69. The quantitative estimate of drug-likeness (QED) is 0.637. The number of amides is 1. The van der Waals surface area contributed by atoms with Gasteiger partial charge in [-0.25, -0.2) is 9.59 Å². The molecule has 0 fully saturated rings. The molecule has 28 heavy (non-hydrogen) atoms. The van der Waals surface area contributed by atoms with Gasteiger partial charge in [0.25, 0.3) is 5.91 Å². The normalized spacial score (nSPS) is 13.1. The molecule has 144 valence electrons. The van der Waals surface area contributed by atoms with Gasteiger partial charge in [-0.15, -0.1) is 0 Å². The van der Waals surface area contributed by atoms with Crippen molar-refractivity contribution in [3.05, 3.63) is 70.6 Å². The summed E-state index contributed by atoms with van der Waals surface area (Å²) in [6.45, 7) is 3.64. The van der Waals surface area contributed by atoms with Gasteiger partial charge in [0.05, 0.1) is 5.56 Å². The number of benzene rings is 2. The lowest BCUT2D eigenvalue weighted by Gasteiger charge is -2.20. The minimum atomic E-state index is -1.07. The first kappa shape index (κ1) is 19.4. The second-order valence-electron chi connectivity index (χ2n) is 6.74. The van der Waals surface area contributed by atoms with Crippen LogP contribution in [0.25, 0.3) is 22.1 Å². The fourth-order valence-electron chi connectivity index (χ4n) is 3.00. The number of rotatable bonds is 6. The Bertz CT molecular complexity index is 1090. The van der Waals surface area contributed by atoms with E-state index in [4.69, 9.17) is 4.42 Å². The van der Waals surface area contributed by atoms with E-state index in [2.05, 4.69) is 5.32 Å². The molecule has 2 atom stereocenters. The van der Waals surface area contributed by atoms with Crippen molar-refractivity contribution in [2.24, 2.45) is 5.92 Å². The molecule has 0 aliphatic heterocycles. The van der Waals surface area contributed by atoms with Gasteiger partial charge >= 0.3 is 11.6 Å². The Morgan fingerprint density at radius 2 is 1.86 bits per heavy atom. The molecule has 3 aromatic rings. The smallest absolute Gasteiger partial charge is 0.344 e.